The molecule has 35 heavy (non-hydrogen) atoms. The van der Waals surface area contributed by atoms with E-state index in [1.165, 1.54) is 17.4 Å². The molecule has 3 N–H and O–H groups in total. The number of imidazole rings is 1. The average molecular weight is 500 g/mol. The molecule has 1 amide bonds. The molecule has 11 heteroatoms. The first-order valence-corrected chi connectivity index (χ1v) is 12.0. The lowest BCUT2D eigenvalue weighted by atomic mass is 10.2. The van der Waals surface area contributed by atoms with Gasteiger partial charge in [-0.2, -0.15) is 0 Å². The zero-order valence-electron chi connectivity index (χ0n) is 20.0. The number of rotatable bonds is 13. The van der Waals surface area contributed by atoms with E-state index in [9.17, 15) is 9.18 Å². The maximum Gasteiger partial charge on any atom is 0.239 e. The molecule has 3 aromatic heterocycles. The number of methoxy groups -OCH3 is 1. The standard InChI is InChI=1S/C24H30FN7O2S/c1-5-18-20(32(15-30-18)11-10-28-23(33)19(14-34-4)26-6-2)12-16(3)31-24-29-13-21(35-24)22-17(25)8-7-9-27-22/h5,7-9,12-13,15,19,26H,1,6,10-11,14H2,2-4H3,(H,28,33)(H,29,31)/b16-12+. The second kappa shape index (κ2) is 12.9. The van der Waals surface area contributed by atoms with Crippen LogP contribution >= 0.6 is 11.3 Å². The van der Waals surface area contributed by atoms with Crippen LogP contribution in [0.1, 0.15) is 25.2 Å². The van der Waals surface area contributed by atoms with Gasteiger partial charge in [0, 0.05) is 38.3 Å². The Labute approximate surface area is 208 Å². The molecule has 0 aromatic carbocycles. The molecule has 1 unspecified atom stereocenters. The van der Waals surface area contributed by atoms with Crippen molar-refractivity contribution in [1.29, 1.82) is 0 Å². The number of allylic oxidation sites excluding steroid dienone is 1. The third-order valence-corrected chi connectivity index (χ3v) is 5.93. The highest BCUT2D eigenvalue weighted by atomic mass is 32.1. The number of likely N-dealkylation sites (N-methyl/N-ethyl adjacent to an activating group) is 1. The molecular formula is C24H30FN7O2S. The van der Waals surface area contributed by atoms with Crippen molar-refractivity contribution in [2.24, 2.45) is 0 Å². The van der Waals surface area contributed by atoms with Crippen LogP contribution in [-0.2, 0) is 16.1 Å². The number of pyridine rings is 1. The Bertz CT molecular complexity index is 1170. The van der Waals surface area contributed by atoms with Gasteiger partial charge < -0.3 is 25.3 Å². The fourth-order valence-corrected chi connectivity index (χ4v) is 4.26. The molecule has 0 radical (unpaired) electrons. The number of nitrogens with one attached hydrogen (secondary N) is 3. The summed E-state index contributed by atoms with van der Waals surface area (Å²) >= 11 is 1.31. The van der Waals surface area contributed by atoms with Crippen molar-refractivity contribution in [3.63, 3.8) is 0 Å². The lowest BCUT2D eigenvalue weighted by Crippen LogP contribution is -2.47. The van der Waals surface area contributed by atoms with Crippen LogP contribution in [0.2, 0.25) is 0 Å². The molecule has 186 valence electrons. The van der Waals surface area contributed by atoms with Crippen LogP contribution in [0.5, 0.6) is 0 Å². The zero-order valence-corrected chi connectivity index (χ0v) is 20.9. The van der Waals surface area contributed by atoms with Crippen molar-refractivity contribution in [3.8, 4) is 10.6 Å². The summed E-state index contributed by atoms with van der Waals surface area (Å²) in [7, 11) is 1.57. The van der Waals surface area contributed by atoms with Gasteiger partial charge in [0.05, 0.1) is 29.2 Å². The van der Waals surface area contributed by atoms with Gasteiger partial charge in [0.25, 0.3) is 0 Å². The van der Waals surface area contributed by atoms with Crippen molar-refractivity contribution >= 4 is 34.5 Å². The monoisotopic (exact) mass is 499 g/mol. The first-order valence-electron chi connectivity index (χ1n) is 11.2. The highest BCUT2D eigenvalue weighted by Gasteiger charge is 2.17. The Hall–Kier alpha value is -3.41. The quantitative estimate of drug-likeness (QED) is 0.331. The van der Waals surface area contributed by atoms with Gasteiger partial charge in [0.15, 0.2) is 5.13 Å². The number of anilines is 1. The number of nitrogens with zero attached hydrogens (tertiary/aromatic N) is 4. The van der Waals surface area contributed by atoms with Crippen molar-refractivity contribution in [1.82, 2.24) is 30.2 Å². The van der Waals surface area contributed by atoms with Crippen LogP contribution in [0.25, 0.3) is 22.7 Å². The Balaban J connectivity index is 1.67. The summed E-state index contributed by atoms with van der Waals surface area (Å²) in [5.74, 6) is -0.503. The first kappa shape index (κ1) is 26.2. The minimum atomic E-state index is -0.398. The van der Waals surface area contributed by atoms with Crippen LogP contribution in [-0.4, -0.2) is 58.3 Å². The molecule has 9 nitrogen and oxygen atoms in total. The van der Waals surface area contributed by atoms with Gasteiger partial charge in [-0.3, -0.25) is 9.78 Å². The molecule has 3 rings (SSSR count). The second-order valence-electron chi connectivity index (χ2n) is 7.59. The number of carbonyl (C=O) groups excluding carboxylic acids is 1. The maximum absolute atomic E-state index is 14.0. The van der Waals surface area contributed by atoms with Crippen molar-refractivity contribution in [3.05, 3.63) is 60.3 Å². The van der Waals surface area contributed by atoms with Crippen molar-refractivity contribution in [2.45, 2.75) is 26.4 Å². The molecule has 0 saturated carbocycles. The molecule has 0 fully saturated rings. The van der Waals surface area contributed by atoms with Crippen LogP contribution in [0, 0.1) is 5.82 Å². The normalized spacial score (nSPS) is 12.4. The summed E-state index contributed by atoms with van der Waals surface area (Å²) in [5, 5.41) is 9.89. The number of hydrogen-bond acceptors (Lipinski definition) is 8. The lowest BCUT2D eigenvalue weighted by Gasteiger charge is -2.17. The fourth-order valence-electron chi connectivity index (χ4n) is 3.38. The zero-order chi connectivity index (χ0) is 25.2. The number of carbonyl (C=O) groups is 1. The molecule has 3 heterocycles. The number of halogens is 1. The Morgan fingerprint density at radius 3 is 2.91 bits per heavy atom. The van der Waals surface area contributed by atoms with E-state index in [0.717, 1.165) is 17.1 Å². The predicted molar refractivity (Wildman–Crippen MR) is 137 cm³/mol. The van der Waals surface area contributed by atoms with E-state index in [0.29, 0.717) is 36.2 Å². The van der Waals surface area contributed by atoms with E-state index in [4.69, 9.17) is 4.74 Å². The SMILES string of the molecule is C=Cc1ncn(CCNC(=O)C(COC)NCC)c1/C=C(\C)Nc1ncc(-c2ncccc2F)s1. The molecule has 3 aromatic rings. The van der Waals surface area contributed by atoms with Gasteiger partial charge in [-0.25, -0.2) is 14.4 Å². The molecule has 0 aliphatic carbocycles. The molecule has 1 atom stereocenters. The Morgan fingerprint density at radius 2 is 2.20 bits per heavy atom. The minimum absolute atomic E-state index is 0.114. The highest BCUT2D eigenvalue weighted by Crippen LogP contribution is 2.30. The summed E-state index contributed by atoms with van der Waals surface area (Å²) in [5.41, 5.74) is 2.65. The van der Waals surface area contributed by atoms with E-state index < -0.39 is 6.04 Å². The summed E-state index contributed by atoms with van der Waals surface area (Å²) in [4.78, 5) is 25.9. The molecule has 0 bridgehead atoms. The number of thiazole rings is 1. The topological polar surface area (TPSA) is 106 Å². The maximum atomic E-state index is 14.0. The van der Waals surface area contributed by atoms with Crippen LogP contribution in [0.15, 0.2) is 43.1 Å². The molecule has 0 saturated heterocycles. The van der Waals surface area contributed by atoms with Crippen LogP contribution in [0.4, 0.5) is 9.52 Å². The van der Waals surface area contributed by atoms with Gasteiger partial charge in [-0.05, 0) is 37.8 Å². The summed E-state index contributed by atoms with van der Waals surface area (Å²) in [6.07, 6.45) is 8.47. The number of aromatic nitrogens is 4. The van der Waals surface area contributed by atoms with E-state index in [2.05, 4.69) is 37.5 Å². The van der Waals surface area contributed by atoms with E-state index in [-0.39, 0.29) is 17.4 Å². The Morgan fingerprint density at radius 1 is 1.37 bits per heavy atom. The predicted octanol–water partition coefficient (Wildman–Crippen LogP) is 3.40. The van der Waals surface area contributed by atoms with E-state index in [1.807, 2.05) is 24.5 Å². The van der Waals surface area contributed by atoms with Gasteiger partial charge in [-0.15, -0.1) is 0 Å². The minimum Gasteiger partial charge on any atom is -0.383 e. The Kier molecular flexibility index (Phi) is 9.65. The van der Waals surface area contributed by atoms with Gasteiger partial charge in [0.1, 0.15) is 17.6 Å². The number of ether oxygens (including phenoxy) is 1. The van der Waals surface area contributed by atoms with Gasteiger partial charge in [0.2, 0.25) is 5.91 Å². The lowest BCUT2D eigenvalue weighted by molar-refractivity contribution is -0.124. The van der Waals surface area contributed by atoms with E-state index >= 15 is 0 Å². The molecular weight excluding hydrogens is 469 g/mol. The van der Waals surface area contributed by atoms with Gasteiger partial charge >= 0.3 is 0 Å². The number of amides is 1. The fraction of sp³-hybridized carbons (Fsp3) is 0.333. The molecule has 0 spiro atoms. The average Bonchev–Trinajstić information content (AvgIpc) is 3.46. The largest absolute Gasteiger partial charge is 0.383 e. The molecule has 0 aliphatic rings. The van der Waals surface area contributed by atoms with Crippen LogP contribution < -0.4 is 16.0 Å². The van der Waals surface area contributed by atoms with Gasteiger partial charge in [-0.1, -0.05) is 24.8 Å². The highest BCUT2D eigenvalue weighted by molar-refractivity contribution is 7.18. The summed E-state index contributed by atoms with van der Waals surface area (Å²) in [6.45, 7) is 9.61. The number of hydrogen-bond donors (Lipinski definition) is 3. The second-order valence-corrected chi connectivity index (χ2v) is 8.62. The summed E-state index contributed by atoms with van der Waals surface area (Å²) in [6, 6.07) is 2.53. The first-order chi connectivity index (χ1) is 17.0. The van der Waals surface area contributed by atoms with Crippen molar-refractivity contribution in [2.75, 3.05) is 32.1 Å². The van der Waals surface area contributed by atoms with E-state index in [1.54, 1.807) is 38.0 Å². The summed E-state index contributed by atoms with van der Waals surface area (Å²) < 4.78 is 21.1. The molecule has 0 aliphatic heterocycles. The third-order valence-electron chi connectivity index (χ3n) is 5.01. The smallest absolute Gasteiger partial charge is 0.239 e. The third kappa shape index (κ3) is 7.04. The van der Waals surface area contributed by atoms with Crippen molar-refractivity contribution < 1.29 is 13.9 Å². The van der Waals surface area contributed by atoms with Crippen LogP contribution in [0.3, 0.4) is 0 Å².